The maximum absolute atomic E-state index is 13.6. The Morgan fingerprint density at radius 1 is 0.943 bits per heavy atom. The van der Waals surface area contributed by atoms with Crippen LogP contribution in [0.25, 0.3) is 0 Å². The van der Waals surface area contributed by atoms with Crippen molar-refractivity contribution in [1.29, 1.82) is 0 Å². The molecular formula is C28H22ClNO3S2. The molecule has 4 aromatic rings. The van der Waals surface area contributed by atoms with E-state index in [4.69, 9.17) is 11.6 Å². The fourth-order valence-electron chi connectivity index (χ4n) is 4.24. The third-order valence-corrected chi connectivity index (χ3v) is 9.23. The summed E-state index contributed by atoms with van der Waals surface area (Å²) in [6.07, 6.45) is 2.47. The van der Waals surface area contributed by atoms with Gasteiger partial charge in [0, 0.05) is 27.2 Å². The van der Waals surface area contributed by atoms with Gasteiger partial charge in [0.2, 0.25) is 0 Å². The van der Waals surface area contributed by atoms with Crippen LogP contribution in [0, 0.1) is 11.8 Å². The van der Waals surface area contributed by atoms with Crippen molar-refractivity contribution in [2.75, 3.05) is 0 Å². The van der Waals surface area contributed by atoms with Crippen LogP contribution in [-0.4, -0.2) is 17.5 Å². The third-order valence-electron chi connectivity index (χ3n) is 5.99. The minimum absolute atomic E-state index is 0.193. The van der Waals surface area contributed by atoms with E-state index in [0.717, 1.165) is 10.5 Å². The summed E-state index contributed by atoms with van der Waals surface area (Å²) >= 11 is 7.61. The van der Waals surface area contributed by atoms with E-state index < -0.39 is 15.6 Å². The topological polar surface area (TPSA) is 59.3 Å². The van der Waals surface area contributed by atoms with Gasteiger partial charge in [-0.3, -0.25) is 0 Å². The van der Waals surface area contributed by atoms with Gasteiger partial charge in [-0.05, 0) is 67.4 Å². The fourth-order valence-corrected chi connectivity index (χ4v) is 7.07. The molecule has 7 heteroatoms. The zero-order chi connectivity index (χ0) is 24.5. The van der Waals surface area contributed by atoms with Gasteiger partial charge in [0.1, 0.15) is 0 Å². The van der Waals surface area contributed by atoms with Crippen molar-refractivity contribution < 1.29 is 13.5 Å². The molecule has 0 aliphatic heterocycles. The molecule has 5 rings (SSSR count). The van der Waals surface area contributed by atoms with E-state index in [1.54, 1.807) is 48.2 Å². The van der Waals surface area contributed by atoms with E-state index in [2.05, 4.69) is 11.8 Å². The van der Waals surface area contributed by atoms with Gasteiger partial charge in [-0.15, -0.1) is 11.8 Å². The average Bonchev–Trinajstić information content (AvgIpc) is 3.35. The average molecular weight is 520 g/mol. The molecule has 2 unspecified atom stereocenters. The lowest BCUT2D eigenvalue weighted by Crippen LogP contribution is -2.31. The van der Waals surface area contributed by atoms with Crippen molar-refractivity contribution in [3.8, 4) is 11.8 Å². The molecule has 0 bridgehead atoms. The van der Waals surface area contributed by atoms with Gasteiger partial charge in [0.15, 0.2) is 5.60 Å². The lowest BCUT2D eigenvalue weighted by Gasteiger charge is -2.33. The molecule has 2 atom stereocenters. The highest BCUT2D eigenvalue weighted by Crippen LogP contribution is 2.49. The summed E-state index contributed by atoms with van der Waals surface area (Å²) in [5, 5.41) is 12.1. The number of nitrogens with zero attached hydrogens (tertiary/aromatic N) is 1. The van der Waals surface area contributed by atoms with E-state index in [1.165, 1.54) is 10.2 Å². The zero-order valence-electron chi connectivity index (χ0n) is 18.6. The van der Waals surface area contributed by atoms with Crippen molar-refractivity contribution in [2.45, 2.75) is 33.5 Å². The number of hydrogen-bond donors (Lipinski definition) is 1. The largest absolute Gasteiger partial charge is 0.373 e. The van der Waals surface area contributed by atoms with Gasteiger partial charge in [0.25, 0.3) is 10.0 Å². The lowest BCUT2D eigenvalue weighted by molar-refractivity contribution is 0.0798. The normalized spacial score (nSPS) is 19.4. The standard InChI is InChI=1S/C28H22ClNO3S2/c29-22-11-13-23(14-12-22)34-26-16-19-28(31,18-15-21-7-3-1-4-8-21)25-17-20-30(27(25)26)35(32,33)24-9-5-2-6-10-24/h1-14,17,20,26,31H,16,19H2. The number of fused-ring (bicyclic) bond motifs is 1. The molecule has 0 amide bonds. The lowest BCUT2D eigenvalue weighted by atomic mass is 9.82. The van der Waals surface area contributed by atoms with Gasteiger partial charge in [-0.1, -0.05) is 59.8 Å². The van der Waals surface area contributed by atoms with Gasteiger partial charge >= 0.3 is 0 Å². The first-order chi connectivity index (χ1) is 16.9. The maximum Gasteiger partial charge on any atom is 0.267 e. The molecule has 0 radical (unpaired) electrons. The van der Waals surface area contributed by atoms with Crippen molar-refractivity contribution in [3.05, 3.63) is 119 Å². The molecule has 1 heterocycles. The molecular weight excluding hydrogens is 498 g/mol. The van der Waals surface area contributed by atoms with Gasteiger partial charge in [0.05, 0.1) is 15.8 Å². The molecule has 0 fully saturated rings. The van der Waals surface area contributed by atoms with Crippen molar-refractivity contribution in [2.24, 2.45) is 0 Å². The van der Waals surface area contributed by atoms with E-state index in [1.807, 2.05) is 54.6 Å². The van der Waals surface area contributed by atoms with Crippen LogP contribution in [0.3, 0.4) is 0 Å². The summed E-state index contributed by atoms with van der Waals surface area (Å²) in [6, 6.07) is 26.9. The highest BCUT2D eigenvalue weighted by atomic mass is 35.5. The maximum atomic E-state index is 13.6. The first-order valence-electron chi connectivity index (χ1n) is 11.1. The minimum atomic E-state index is -3.86. The quantitative estimate of drug-likeness (QED) is 0.324. The third kappa shape index (κ3) is 4.78. The number of thioether (sulfide) groups is 1. The Labute approximate surface area is 214 Å². The van der Waals surface area contributed by atoms with Crippen LogP contribution in [0.15, 0.2) is 107 Å². The highest BCUT2D eigenvalue weighted by Gasteiger charge is 2.41. The summed E-state index contributed by atoms with van der Waals surface area (Å²) in [5.41, 5.74) is 0.402. The molecule has 176 valence electrons. The van der Waals surface area contributed by atoms with Crippen LogP contribution in [0.1, 0.15) is 34.9 Å². The molecule has 3 aromatic carbocycles. The number of benzene rings is 3. The molecule has 1 aliphatic rings. The molecule has 0 saturated carbocycles. The van der Waals surface area contributed by atoms with E-state index in [-0.39, 0.29) is 10.1 Å². The number of hydrogen-bond acceptors (Lipinski definition) is 4. The van der Waals surface area contributed by atoms with Crippen LogP contribution in [-0.2, 0) is 15.6 Å². The Morgan fingerprint density at radius 2 is 1.60 bits per heavy atom. The monoisotopic (exact) mass is 519 g/mol. The van der Waals surface area contributed by atoms with Crippen molar-refractivity contribution >= 4 is 33.4 Å². The first-order valence-corrected chi connectivity index (χ1v) is 13.8. The van der Waals surface area contributed by atoms with Gasteiger partial charge < -0.3 is 5.11 Å². The second kappa shape index (κ2) is 9.60. The van der Waals surface area contributed by atoms with Crippen LogP contribution in [0.4, 0.5) is 0 Å². The Bertz CT molecular complexity index is 1510. The van der Waals surface area contributed by atoms with Crippen molar-refractivity contribution in [3.63, 3.8) is 0 Å². The Balaban J connectivity index is 1.62. The smallest absolute Gasteiger partial charge is 0.267 e. The predicted molar refractivity (Wildman–Crippen MR) is 140 cm³/mol. The molecule has 4 nitrogen and oxygen atoms in total. The molecule has 1 N–H and O–H groups in total. The van der Waals surface area contributed by atoms with Gasteiger partial charge in [-0.25, -0.2) is 12.4 Å². The Morgan fingerprint density at radius 3 is 2.29 bits per heavy atom. The highest BCUT2D eigenvalue weighted by molar-refractivity contribution is 7.99. The van der Waals surface area contributed by atoms with Gasteiger partial charge in [-0.2, -0.15) is 0 Å². The second-order valence-corrected chi connectivity index (χ2v) is 11.8. The molecule has 35 heavy (non-hydrogen) atoms. The van der Waals surface area contributed by atoms with E-state index in [0.29, 0.717) is 29.1 Å². The summed E-state index contributed by atoms with van der Waals surface area (Å²) in [7, 11) is -3.86. The van der Waals surface area contributed by atoms with Crippen molar-refractivity contribution in [1.82, 2.24) is 3.97 Å². The number of aromatic nitrogens is 1. The number of halogens is 1. The zero-order valence-corrected chi connectivity index (χ0v) is 21.0. The number of rotatable bonds is 4. The Kier molecular flexibility index (Phi) is 6.52. The van der Waals surface area contributed by atoms with Crippen LogP contribution in [0.2, 0.25) is 5.02 Å². The first kappa shape index (κ1) is 23.8. The van der Waals surface area contributed by atoms with Crippen LogP contribution >= 0.6 is 23.4 Å². The molecule has 0 spiro atoms. The number of aliphatic hydroxyl groups is 1. The molecule has 1 aromatic heterocycles. The summed E-state index contributed by atoms with van der Waals surface area (Å²) < 4.78 is 28.5. The summed E-state index contributed by atoms with van der Waals surface area (Å²) in [5.74, 6) is 6.10. The SMILES string of the molecule is O=S(=O)(c1ccccc1)n1ccc2c1C(Sc1ccc(Cl)cc1)CCC2(O)C#Cc1ccccc1. The van der Waals surface area contributed by atoms with Crippen LogP contribution < -0.4 is 0 Å². The minimum Gasteiger partial charge on any atom is -0.373 e. The fraction of sp³-hybridized carbons (Fsp3) is 0.143. The van der Waals surface area contributed by atoms with E-state index in [9.17, 15) is 13.5 Å². The molecule has 1 aliphatic carbocycles. The molecule has 0 saturated heterocycles. The van der Waals surface area contributed by atoms with Crippen LogP contribution in [0.5, 0.6) is 0 Å². The summed E-state index contributed by atoms with van der Waals surface area (Å²) in [6.45, 7) is 0. The summed E-state index contributed by atoms with van der Waals surface area (Å²) in [4.78, 5) is 1.16. The second-order valence-electron chi connectivity index (χ2n) is 8.30. The van der Waals surface area contributed by atoms with E-state index >= 15 is 0 Å². The Hall–Kier alpha value is -2.95. The predicted octanol–water partition coefficient (Wildman–Crippen LogP) is 6.25.